The number of alkyl halides is 3. The summed E-state index contributed by atoms with van der Waals surface area (Å²) in [4.78, 5) is 0. The third-order valence-electron chi connectivity index (χ3n) is 2.69. The predicted octanol–water partition coefficient (Wildman–Crippen LogP) is 5.55. The zero-order valence-electron chi connectivity index (χ0n) is 10.3. The van der Waals surface area contributed by atoms with E-state index in [9.17, 15) is 17.6 Å². The molecule has 0 heterocycles. The van der Waals surface area contributed by atoms with Crippen LogP contribution in [0.25, 0.3) is 0 Å². The van der Waals surface area contributed by atoms with E-state index in [0.29, 0.717) is 5.56 Å². The Labute approximate surface area is 128 Å². The number of hydrogen-bond donors (Lipinski definition) is 0. The summed E-state index contributed by atoms with van der Waals surface area (Å²) < 4.78 is 54.9. The van der Waals surface area contributed by atoms with Gasteiger partial charge in [0.25, 0.3) is 0 Å². The van der Waals surface area contributed by atoms with Crippen LogP contribution in [0.1, 0.15) is 16.5 Å². The van der Waals surface area contributed by atoms with Crippen LogP contribution in [0.15, 0.2) is 36.4 Å². The second-order valence-corrected chi connectivity index (χ2v) is 4.95. The lowest BCUT2D eigenvalue weighted by atomic mass is 10.0. The van der Waals surface area contributed by atoms with Gasteiger partial charge in [0.2, 0.25) is 0 Å². The molecule has 0 aliphatic rings. The average molecular weight is 339 g/mol. The molecule has 0 fully saturated rings. The van der Waals surface area contributed by atoms with Crippen molar-refractivity contribution in [2.75, 3.05) is 0 Å². The molecule has 0 aliphatic carbocycles. The molecule has 0 saturated heterocycles. The van der Waals surface area contributed by atoms with Crippen molar-refractivity contribution < 1.29 is 22.3 Å². The normalized spacial score (nSPS) is 12.5. The Morgan fingerprint density at radius 2 is 1.67 bits per heavy atom. The van der Waals surface area contributed by atoms with Gasteiger partial charge in [-0.05, 0) is 35.4 Å². The number of halogens is 6. The summed E-state index contributed by atoms with van der Waals surface area (Å²) in [6.07, 6.45) is 0. The van der Waals surface area contributed by atoms with E-state index in [0.717, 1.165) is 12.1 Å². The molecule has 0 bridgehead atoms. The largest absolute Gasteiger partial charge is 0.435 e. The third-order valence-corrected chi connectivity index (χ3v) is 3.50. The van der Waals surface area contributed by atoms with Crippen molar-refractivity contribution in [1.82, 2.24) is 0 Å². The van der Waals surface area contributed by atoms with E-state index in [1.807, 2.05) is 0 Å². The molecule has 0 aliphatic heterocycles. The first kappa shape index (κ1) is 15.9. The molecule has 0 radical (unpaired) electrons. The molecule has 2 aromatic carbocycles. The first-order valence-corrected chi connectivity index (χ1v) is 6.53. The van der Waals surface area contributed by atoms with Gasteiger partial charge in [-0.3, -0.25) is 0 Å². The summed E-state index contributed by atoms with van der Waals surface area (Å²) in [6, 6.07) is 7.27. The monoisotopic (exact) mass is 338 g/mol. The fourth-order valence-electron chi connectivity index (χ4n) is 1.76. The summed E-state index contributed by atoms with van der Waals surface area (Å²) >= 11 is 12.0. The molecular weight excluding hydrogens is 331 g/mol. The molecule has 112 valence electrons. The first-order chi connectivity index (χ1) is 9.88. The van der Waals surface area contributed by atoms with E-state index in [4.69, 9.17) is 23.2 Å². The standard InChI is InChI=1S/C14H8Cl2F4O/c15-10-6-12(18)11(17)5-9(10)13(16)7-2-1-3-8(4-7)21-14(19)20/h1-6,13-14H. The molecular formula is C14H8Cl2F4O. The lowest BCUT2D eigenvalue weighted by Gasteiger charge is -2.14. The van der Waals surface area contributed by atoms with Crippen molar-refractivity contribution in [2.24, 2.45) is 0 Å². The highest BCUT2D eigenvalue weighted by atomic mass is 35.5. The molecule has 0 amide bonds. The van der Waals surface area contributed by atoms with Crippen molar-refractivity contribution in [3.05, 3.63) is 64.2 Å². The van der Waals surface area contributed by atoms with Crippen molar-refractivity contribution in [3.63, 3.8) is 0 Å². The zero-order chi connectivity index (χ0) is 15.6. The Balaban J connectivity index is 2.36. The van der Waals surface area contributed by atoms with Crippen LogP contribution in [0, 0.1) is 11.6 Å². The molecule has 0 spiro atoms. The molecule has 1 nitrogen and oxygen atoms in total. The quantitative estimate of drug-likeness (QED) is 0.403. The highest BCUT2D eigenvalue weighted by Gasteiger charge is 2.18. The molecule has 1 atom stereocenters. The lowest BCUT2D eigenvalue weighted by Crippen LogP contribution is -2.03. The van der Waals surface area contributed by atoms with E-state index in [1.165, 1.54) is 24.3 Å². The van der Waals surface area contributed by atoms with Crippen molar-refractivity contribution in [3.8, 4) is 5.75 Å². The first-order valence-electron chi connectivity index (χ1n) is 5.71. The Hall–Kier alpha value is -1.46. The molecule has 2 aromatic rings. The van der Waals surface area contributed by atoms with E-state index in [-0.39, 0.29) is 16.3 Å². The average Bonchev–Trinajstić information content (AvgIpc) is 2.41. The maximum Gasteiger partial charge on any atom is 0.387 e. The minimum Gasteiger partial charge on any atom is -0.435 e. The summed E-state index contributed by atoms with van der Waals surface area (Å²) in [5.41, 5.74) is 0.495. The Morgan fingerprint density at radius 1 is 1.00 bits per heavy atom. The minimum atomic E-state index is -2.97. The second-order valence-electron chi connectivity index (χ2n) is 4.10. The van der Waals surface area contributed by atoms with Crippen LogP contribution in [0.4, 0.5) is 17.6 Å². The second kappa shape index (κ2) is 6.54. The van der Waals surface area contributed by atoms with Crippen LogP contribution in [0.5, 0.6) is 5.75 Å². The van der Waals surface area contributed by atoms with Crippen LogP contribution in [-0.4, -0.2) is 6.61 Å². The van der Waals surface area contributed by atoms with Gasteiger partial charge in [-0.1, -0.05) is 23.7 Å². The molecule has 0 N–H and O–H groups in total. The molecule has 2 rings (SSSR count). The molecule has 0 saturated carbocycles. The fourth-order valence-corrected chi connectivity index (χ4v) is 2.39. The summed E-state index contributed by atoms with van der Waals surface area (Å²) in [7, 11) is 0. The molecule has 7 heteroatoms. The number of benzene rings is 2. The smallest absolute Gasteiger partial charge is 0.387 e. The number of ether oxygens (including phenoxy) is 1. The van der Waals surface area contributed by atoms with E-state index in [2.05, 4.69) is 4.74 Å². The van der Waals surface area contributed by atoms with E-state index >= 15 is 0 Å². The highest BCUT2D eigenvalue weighted by molar-refractivity contribution is 6.33. The van der Waals surface area contributed by atoms with Gasteiger partial charge < -0.3 is 4.74 Å². The maximum absolute atomic E-state index is 13.3. The maximum atomic E-state index is 13.3. The molecule has 1 unspecified atom stereocenters. The Kier molecular flexibility index (Phi) is 4.96. The van der Waals surface area contributed by atoms with Crippen molar-refractivity contribution in [1.29, 1.82) is 0 Å². The van der Waals surface area contributed by atoms with Gasteiger partial charge in [-0.25, -0.2) is 8.78 Å². The van der Waals surface area contributed by atoms with Crippen molar-refractivity contribution in [2.45, 2.75) is 12.0 Å². The van der Waals surface area contributed by atoms with Gasteiger partial charge in [0.15, 0.2) is 11.6 Å². The predicted molar refractivity (Wildman–Crippen MR) is 72.1 cm³/mol. The minimum absolute atomic E-state index is 0.0610. The fraction of sp³-hybridized carbons (Fsp3) is 0.143. The van der Waals surface area contributed by atoms with Crippen LogP contribution in [0.3, 0.4) is 0 Å². The SMILES string of the molecule is Fc1cc(Cl)c(C(Cl)c2cccc(OC(F)F)c2)cc1F. The van der Waals surface area contributed by atoms with Gasteiger partial charge >= 0.3 is 6.61 Å². The van der Waals surface area contributed by atoms with Gasteiger partial charge in [0, 0.05) is 5.02 Å². The van der Waals surface area contributed by atoms with Crippen LogP contribution in [-0.2, 0) is 0 Å². The van der Waals surface area contributed by atoms with Gasteiger partial charge in [-0.15, -0.1) is 11.6 Å². The number of hydrogen-bond acceptors (Lipinski definition) is 1. The Morgan fingerprint density at radius 3 is 2.33 bits per heavy atom. The Bertz CT molecular complexity index is 649. The third kappa shape index (κ3) is 3.80. The number of rotatable bonds is 4. The molecule has 21 heavy (non-hydrogen) atoms. The van der Waals surface area contributed by atoms with Gasteiger partial charge in [0.05, 0.1) is 5.38 Å². The zero-order valence-corrected chi connectivity index (χ0v) is 11.8. The van der Waals surface area contributed by atoms with Gasteiger partial charge in [-0.2, -0.15) is 8.78 Å². The van der Waals surface area contributed by atoms with Crippen LogP contribution >= 0.6 is 23.2 Å². The van der Waals surface area contributed by atoms with E-state index in [1.54, 1.807) is 0 Å². The highest BCUT2D eigenvalue weighted by Crippen LogP contribution is 2.36. The van der Waals surface area contributed by atoms with Crippen LogP contribution < -0.4 is 4.74 Å². The summed E-state index contributed by atoms with van der Waals surface area (Å²) in [5, 5.41) is -0.997. The topological polar surface area (TPSA) is 9.23 Å². The van der Waals surface area contributed by atoms with Crippen molar-refractivity contribution >= 4 is 23.2 Å². The molecule has 0 aromatic heterocycles. The summed E-state index contributed by atoms with van der Waals surface area (Å²) in [5.74, 6) is -2.28. The summed E-state index contributed by atoms with van der Waals surface area (Å²) in [6.45, 7) is -2.97. The van der Waals surface area contributed by atoms with Crippen LogP contribution in [0.2, 0.25) is 5.02 Å². The van der Waals surface area contributed by atoms with Gasteiger partial charge in [0.1, 0.15) is 5.75 Å². The van der Waals surface area contributed by atoms with E-state index < -0.39 is 23.6 Å². The lowest BCUT2D eigenvalue weighted by molar-refractivity contribution is -0.0498.